The Kier molecular flexibility index (Phi) is 6.60. The molecule has 2 aromatic carbocycles. The molecule has 2 aromatic rings. The fourth-order valence-corrected chi connectivity index (χ4v) is 3.14. The van der Waals surface area contributed by atoms with Gasteiger partial charge in [-0.25, -0.2) is 0 Å². The van der Waals surface area contributed by atoms with Gasteiger partial charge < -0.3 is 15.5 Å². The summed E-state index contributed by atoms with van der Waals surface area (Å²) in [5.74, 6) is 0.0155. The smallest absolute Gasteiger partial charge is 0.251 e. The number of unbranched alkanes of at least 4 members (excludes halogenated alkanes) is 1. The molecule has 1 saturated heterocycles. The first kappa shape index (κ1) is 17.6. The highest BCUT2D eigenvalue weighted by Gasteiger charge is 2.09. The Morgan fingerprint density at radius 3 is 2.32 bits per heavy atom. The van der Waals surface area contributed by atoms with Crippen LogP contribution in [0.25, 0.3) is 11.1 Å². The zero-order chi connectivity index (χ0) is 17.3. The fourth-order valence-electron chi connectivity index (χ4n) is 3.14. The average Bonchev–Trinajstić information content (AvgIpc) is 2.69. The predicted molar refractivity (Wildman–Crippen MR) is 103 cm³/mol. The van der Waals surface area contributed by atoms with E-state index in [9.17, 15) is 4.79 Å². The molecule has 25 heavy (non-hydrogen) atoms. The van der Waals surface area contributed by atoms with Gasteiger partial charge in [-0.15, -0.1) is 0 Å². The maximum atomic E-state index is 12.2. The van der Waals surface area contributed by atoms with E-state index in [1.165, 1.54) is 5.56 Å². The van der Waals surface area contributed by atoms with Crippen LogP contribution in [0.5, 0.6) is 0 Å². The first-order valence-electron chi connectivity index (χ1n) is 9.20. The van der Waals surface area contributed by atoms with Gasteiger partial charge in [-0.1, -0.05) is 42.5 Å². The average molecular weight is 337 g/mol. The molecule has 0 radical (unpaired) electrons. The molecule has 1 aliphatic heterocycles. The summed E-state index contributed by atoms with van der Waals surface area (Å²) in [4.78, 5) is 14.7. The van der Waals surface area contributed by atoms with Crippen LogP contribution >= 0.6 is 0 Å². The highest BCUT2D eigenvalue weighted by Crippen LogP contribution is 2.19. The number of amides is 1. The first-order chi connectivity index (χ1) is 12.3. The lowest BCUT2D eigenvalue weighted by Gasteiger charge is -2.27. The summed E-state index contributed by atoms with van der Waals surface area (Å²) in [5.41, 5.74) is 3.03. The van der Waals surface area contributed by atoms with E-state index in [1.54, 1.807) is 0 Å². The summed E-state index contributed by atoms with van der Waals surface area (Å²) in [7, 11) is 0. The van der Waals surface area contributed by atoms with Crippen molar-refractivity contribution in [2.75, 3.05) is 39.3 Å². The monoisotopic (exact) mass is 337 g/mol. The summed E-state index contributed by atoms with van der Waals surface area (Å²) < 4.78 is 0. The minimum absolute atomic E-state index is 0.0155. The molecule has 0 aliphatic carbocycles. The van der Waals surface area contributed by atoms with Gasteiger partial charge in [0.15, 0.2) is 0 Å². The summed E-state index contributed by atoms with van der Waals surface area (Å²) in [6.07, 6.45) is 2.16. The zero-order valence-electron chi connectivity index (χ0n) is 14.7. The molecule has 0 bridgehead atoms. The Morgan fingerprint density at radius 2 is 1.60 bits per heavy atom. The summed E-state index contributed by atoms with van der Waals surface area (Å²) >= 11 is 0. The van der Waals surface area contributed by atoms with E-state index in [2.05, 4.69) is 27.7 Å². The Hall–Kier alpha value is -2.17. The number of carbonyl (C=O) groups is 1. The topological polar surface area (TPSA) is 44.4 Å². The Bertz CT molecular complexity index is 649. The molecule has 0 spiro atoms. The van der Waals surface area contributed by atoms with Gasteiger partial charge in [-0.2, -0.15) is 0 Å². The van der Waals surface area contributed by atoms with Gasteiger partial charge in [-0.05, 0) is 42.6 Å². The lowest BCUT2D eigenvalue weighted by atomic mass is 10.0. The minimum Gasteiger partial charge on any atom is -0.352 e. The van der Waals surface area contributed by atoms with Crippen molar-refractivity contribution < 1.29 is 4.79 Å². The molecule has 0 saturated carbocycles. The third-order valence-corrected chi connectivity index (χ3v) is 4.65. The quantitative estimate of drug-likeness (QED) is 0.764. The molecular formula is C21H27N3O. The largest absolute Gasteiger partial charge is 0.352 e. The molecule has 0 unspecified atom stereocenters. The molecule has 2 N–H and O–H groups in total. The van der Waals surface area contributed by atoms with Crippen LogP contribution in [-0.2, 0) is 0 Å². The van der Waals surface area contributed by atoms with Gasteiger partial charge in [0, 0.05) is 38.3 Å². The maximum Gasteiger partial charge on any atom is 0.251 e. The Labute approximate surface area is 150 Å². The van der Waals surface area contributed by atoms with E-state index in [-0.39, 0.29) is 5.91 Å². The first-order valence-corrected chi connectivity index (χ1v) is 9.20. The van der Waals surface area contributed by atoms with E-state index in [0.29, 0.717) is 0 Å². The van der Waals surface area contributed by atoms with Crippen molar-refractivity contribution in [2.45, 2.75) is 12.8 Å². The number of nitrogens with one attached hydrogen (secondary N) is 2. The second kappa shape index (κ2) is 9.35. The van der Waals surface area contributed by atoms with Crippen LogP contribution in [0, 0.1) is 0 Å². The Balaban J connectivity index is 1.39. The van der Waals surface area contributed by atoms with Gasteiger partial charge in [0.05, 0.1) is 0 Å². The molecule has 1 amide bonds. The molecule has 4 heteroatoms. The van der Waals surface area contributed by atoms with Crippen LogP contribution in [0.2, 0.25) is 0 Å². The van der Waals surface area contributed by atoms with Crippen molar-refractivity contribution in [3.8, 4) is 11.1 Å². The zero-order valence-corrected chi connectivity index (χ0v) is 14.7. The van der Waals surface area contributed by atoms with Crippen molar-refractivity contribution >= 4 is 5.91 Å². The number of carbonyl (C=O) groups excluding carboxylic acids is 1. The highest BCUT2D eigenvalue weighted by atomic mass is 16.1. The van der Waals surface area contributed by atoms with Crippen molar-refractivity contribution in [3.63, 3.8) is 0 Å². The molecule has 1 fully saturated rings. The third-order valence-electron chi connectivity index (χ3n) is 4.65. The highest BCUT2D eigenvalue weighted by molar-refractivity contribution is 5.94. The van der Waals surface area contributed by atoms with Gasteiger partial charge in [0.25, 0.3) is 5.91 Å². The van der Waals surface area contributed by atoms with Crippen LogP contribution in [0.3, 0.4) is 0 Å². The van der Waals surface area contributed by atoms with E-state index >= 15 is 0 Å². The van der Waals surface area contributed by atoms with Crippen LogP contribution < -0.4 is 10.6 Å². The standard InChI is InChI=1S/C21H27N3O/c25-21(23-12-4-5-15-24-16-13-22-14-17-24)20-10-8-19(9-11-20)18-6-2-1-3-7-18/h1-3,6-11,22H,4-5,12-17H2,(H,23,25). The fraction of sp³-hybridized carbons (Fsp3) is 0.381. The van der Waals surface area contributed by atoms with Gasteiger partial charge in [-0.3, -0.25) is 4.79 Å². The number of piperazine rings is 1. The van der Waals surface area contributed by atoms with Crippen LogP contribution in [-0.4, -0.2) is 50.1 Å². The van der Waals surface area contributed by atoms with E-state index < -0.39 is 0 Å². The second-order valence-corrected chi connectivity index (χ2v) is 6.50. The van der Waals surface area contributed by atoms with Crippen molar-refractivity contribution in [1.82, 2.24) is 15.5 Å². The van der Waals surface area contributed by atoms with Gasteiger partial charge in [0.2, 0.25) is 0 Å². The predicted octanol–water partition coefficient (Wildman–Crippen LogP) is 2.77. The van der Waals surface area contributed by atoms with Gasteiger partial charge >= 0.3 is 0 Å². The number of rotatable bonds is 7. The van der Waals surface area contributed by atoms with Crippen molar-refractivity contribution in [1.29, 1.82) is 0 Å². The van der Waals surface area contributed by atoms with E-state index in [4.69, 9.17) is 0 Å². The molecule has 0 atom stereocenters. The third kappa shape index (κ3) is 5.41. The Morgan fingerprint density at radius 1 is 0.920 bits per heavy atom. The van der Waals surface area contributed by atoms with Crippen LogP contribution in [0.4, 0.5) is 0 Å². The van der Waals surface area contributed by atoms with Gasteiger partial charge in [0.1, 0.15) is 0 Å². The molecule has 1 heterocycles. The minimum atomic E-state index is 0.0155. The van der Waals surface area contributed by atoms with Crippen molar-refractivity contribution in [3.05, 3.63) is 60.2 Å². The SMILES string of the molecule is O=C(NCCCCN1CCNCC1)c1ccc(-c2ccccc2)cc1. The van der Waals surface area contributed by atoms with E-state index in [1.807, 2.05) is 42.5 Å². The molecule has 4 nitrogen and oxygen atoms in total. The van der Waals surface area contributed by atoms with Crippen LogP contribution in [0.1, 0.15) is 23.2 Å². The molecule has 3 rings (SSSR count). The number of nitrogens with zero attached hydrogens (tertiary/aromatic N) is 1. The van der Waals surface area contributed by atoms with Crippen LogP contribution in [0.15, 0.2) is 54.6 Å². The molecule has 0 aromatic heterocycles. The maximum absolute atomic E-state index is 12.2. The summed E-state index contributed by atoms with van der Waals surface area (Å²) in [6.45, 7) is 6.33. The number of hydrogen-bond donors (Lipinski definition) is 2. The lowest BCUT2D eigenvalue weighted by Crippen LogP contribution is -2.43. The normalized spacial score (nSPS) is 15.0. The van der Waals surface area contributed by atoms with Crippen molar-refractivity contribution in [2.24, 2.45) is 0 Å². The number of benzene rings is 2. The van der Waals surface area contributed by atoms with E-state index in [0.717, 1.165) is 63.2 Å². The molecule has 1 aliphatic rings. The second-order valence-electron chi connectivity index (χ2n) is 6.50. The lowest BCUT2D eigenvalue weighted by molar-refractivity contribution is 0.0952. The summed E-state index contributed by atoms with van der Waals surface area (Å²) in [6, 6.07) is 18.0. The molecule has 132 valence electrons. The molecular weight excluding hydrogens is 310 g/mol. The summed E-state index contributed by atoms with van der Waals surface area (Å²) in [5, 5.41) is 6.39. The number of hydrogen-bond acceptors (Lipinski definition) is 3.